The Kier molecular flexibility index (Phi) is 4.02. The van der Waals surface area contributed by atoms with Crippen molar-refractivity contribution in [3.63, 3.8) is 0 Å². The fraction of sp³-hybridized carbons (Fsp3) is 0.267. The lowest BCUT2D eigenvalue weighted by Gasteiger charge is -2.12. The van der Waals surface area contributed by atoms with Crippen molar-refractivity contribution in [3.8, 4) is 5.75 Å². The van der Waals surface area contributed by atoms with Crippen LogP contribution in [0.3, 0.4) is 0 Å². The predicted octanol–water partition coefficient (Wildman–Crippen LogP) is 2.20. The maximum atomic E-state index is 11.8. The number of ether oxygens (including phenoxy) is 1. The summed E-state index contributed by atoms with van der Waals surface area (Å²) in [5.74, 6) is 0.593. The Balaban J connectivity index is 2.33. The van der Waals surface area contributed by atoms with Gasteiger partial charge in [-0.1, -0.05) is 24.3 Å². The summed E-state index contributed by atoms with van der Waals surface area (Å²) in [5, 5.41) is 2.20. The normalized spacial score (nSPS) is 12.2. The molecule has 2 aromatic carbocycles. The third-order valence-electron chi connectivity index (χ3n) is 3.21. The molecule has 1 amide bonds. The molecule has 4 nitrogen and oxygen atoms in total. The first kappa shape index (κ1) is 13.4. The zero-order valence-electron chi connectivity index (χ0n) is 11.4. The van der Waals surface area contributed by atoms with E-state index in [1.54, 1.807) is 14.2 Å². The van der Waals surface area contributed by atoms with Crippen LogP contribution in [0.1, 0.15) is 18.4 Å². The number of rotatable bonds is 4. The number of nitrogens with one attached hydrogen (secondary N) is 2. The van der Waals surface area contributed by atoms with Crippen LogP contribution in [0.4, 0.5) is 0 Å². The highest BCUT2D eigenvalue weighted by Crippen LogP contribution is 2.25. The third kappa shape index (κ3) is 2.85. The van der Waals surface area contributed by atoms with E-state index in [1.165, 1.54) is 0 Å². The summed E-state index contributed by atoms with van der Waals surface area (Å²) in [4.78, 5) is 11.8. The molecule has 2 aromatic rings. The van der Waals surface area contributed by atoms with Crippen LogP contribution < -0.4 is 15.6 Å². The molecule has 19 heavy (non-hydrogen) atoms. The van der Waals surface area contributed by atoms with E-state index in [0.29, 0.717) is 0 Å². The molecule has 0 aliphatic heterocycles. The van der Waals surface area contributed by atoms with Gasteiger partial charge in [0.1, 0.15) is 5.75 Å². The molecule has 0 aromatic heterocycles. The average Bonchev–Trinajstić information content (AvgIpc) is 2.45. The van der Waals surface area contributed by atoms with Gasteiger partial charge in [-0.05, 0) is 35.4 Å². The predicted molar refractivity (Wildman–Crippen MR) is 76.1 cm³/mol. The summed E-state index contributed by atoms with van der Waals surface area (Å²) in [6.45, 7) is 1.89. The average molecular weight is 258 g/mol. The molecule has 0 saturated heterocycles. The SMILES string of the molecule is CNNC(=O)C(C)c1ccc2cc(OC)ccc2c1. The van der Waals surface area contributed by atoms with Crippen molar-refractivity contribution >= 4 is 16.7 Å². The van der Waals surface area contributed by atoms with Crippen LogP contribution in [0.2, 0.25) is 0 Å². The zero-order valence-corrected chi connectivity index (χ0v) is 11.4. The van der Waals surface area contributed by atoms with Gasteiger partial charge in [0.2, 0.25) is 5.91 Å². The zero-order chi connectivity index (χ0) is 13.8. The molecule has 0 aliphatic rings. The van der Waals surface area contributed by atoms with E-state index in [1.807, 2.05) is 43.3 Å². The van der Waals surface area contributed by atoms with Crippen molar-refractivity contribution in [1.29, 1.82) is 0 Å². The molecule has 0 spiro atoms. The second-order valence-corrected chi connectivity index (χ2v) is 4.43. The monoisotopic (exact) mass is 258 g/mol. The number of methoxy groups -OCH3 is 1. The number of carbonyl (C=O) groups excluding carboxylic acids is 1. The van der Waals surface area contributed by atoms with Crippen LogP contribution in [-0.4, -0.2) is 20.1 Å². The fourth-order valence-electron chi connectivity index (χ4n) is 2.02. The van der Waals surface area contributed by atoms with Crippen molar-refractivity contribution < 1.29 is 9.53 Å². The maximum absolute atomic E-state index is 11.8. The van der Waals surface area contributed by atoms with Gasteiger partial charge in [0.05, 0.1) is 13.0 Å². The Morgan fingerprint density at radius 2 is 1.84 bits per heavy atom. The van der Waals surface area contributed by atoms with E-state index in [4.69, 9.17) is 4.74 Å². The number of carbonyl (C=O) groups is 1. The van der Waals surface area contributed by atoms with E-state index in [9.17, 15) is 4.79 Å². The highest BCUT2D eigenvalue weighted by Gasteiger charge is 2.14. The smallest absolute Gasteiger partial charge is 0.241 e. The third-order valence-corrected chi connectivity index (χ3v) is 3.21. The van der Waals surface area contributed by atoms with Crippen molar-refractivity contribution in [1.82, 2.24) is 10.9 Å². The standard InChI is InChI=1S/C15H18N2O2/c1-10(15(18)17-16-2)11-4-5-13-9-14(19-3)7-6-12(13)8-11/h4-10,16H,1-3H3,(H,17,18). The summed E-state index contributed by atoms with van der Waals surface area (Å²) in [7, 11) is 3.33. The Bertz CT molecular complexity index is 596. The minimum Gasteiger partial charge on any atom is -0.497 e. The van der Waals surface area contributed by atoms with Crippen molar-refractivity contribution in [2.24, 2.45) is 0 Å². The van der Waals surface area contributed by atoms with Crippen LogP contribution in [0.25, 0.3) is 10.8 Å². The molecular weight excluding hydrogens is 240 g/mol. The van der Waals surface area contributed by atoms with Crippen LogP contribution in [0.5, 0.6) is 5.75 Å². The van der Waals surface area contributed by atoms with Crippen LogP contribution in [0.15, 0.2) is 36.4 Å². The van der Waals surface area contributed by atoms with Crippen molar-refractivity contribution in [3.05, 3.63) is 42.0 Å². The van der Waals surface area contributed by atoms with Gasteiger partial charge in [-0.2, -0.15) is 0 Å². The molecule has 0 fully saturated rings. The number of hydrazine groups is 1. The van der Waals surface area contributed by atoms with Gasteiger partial charge in [0.15, 0.2) is 0 Å². The lowest BCUT2D eigenvalue weighted by molar-refractivity contribution is -0.123. The number of fused-ring (bicyclic) bond motifs is 1. The summed E-state index contributed by atoms with van der Waals surface area (Å²) in [6.07, 6.45) is 0. The van der Waals surface area contributed by atoms with E-state index in [0.717, 1.165) is 22.1 Å². The molecular formula is C15H18N2O2. The van der Waals surface area contributed by atoms with Gasteiger partial charge < -0.3 is 4.74 Å². The van der Waals surface area contributed by atoms with Crippen LogP contribution in [-0.2, 0) is 4.79 Å². The lowest BCUT2D eigenvalue weighted by Crippen LogP contribution is -2.37. The second-order valence-electron chi connectivity index (χ2n) is 4.43. The van der Waals surface area contributed by atoms with Crippen LogP contribution in [0, 0.1) is 0 Å². The van der Waals surface area contributed by atoms with E-state index in [-0.39, 0.29) is 11.8 Å². The highest BCUT2D eigenvalue weighted by atomic mass is 16.5. The first-order valence-corrected chi connectivity index (χ1v) is 6.20. The summed E-state index contributed by atoms with van der Waals surface area (Å²) in [5.41, 5.74) is 6.25. The molecule has 0 bridgehead atoms. The van der Waals surface area contributed by atoms with E-state index < -0.39 is 0 Å². The molecule has 1 atom stereocenters. The Labute approximate surface area is 112 Å². The van der Waals surface area contributed by atoms with Crippen molar-refractivity contribution in [2.45, 2.75) is 12.8 Å². The van der Waals surface area contributed by atoms with Gasteiger partial charge in [0.25, 0.3) is 0 Å². The molecule has 2 rings (SSSR count). The molecule has 0 radical (unpaired) electrons. The lowest BCUT2D eigenvalue weighted by atomic mass is 9.97. The number of amides is 1. The quantitative estimate of drug-likeness (QED) is 0.827. The van der Waals surface area contributed by atoms with Gasteiger partial charge >= 0.3 is 0 Å². The topological polar surface area (TPSA) is 50.4 Å². The number of hydrogen-bond donors (Lipinski definition) is 2. The maximum Gasteiger partial charge on any atom is 0.241 e. The van der Waals surface area contributed by atoms with E-state index in [2.05, 4.69) is 10.9 Å². The fourth-order valence-corrected chi connectivity index (χ4v) is 2.02. The first-order valence-electron chi connectivity index (χ1n) is 6.20. The van der Waals surface area contributed by atoms with Gasteiger partial charge in [-0.3, -0.25) is 10.2 Å². The molecule has 0 saturated carbocycles. The molecule has 2 N–H and O–H groups in total. The Morgan fingerprint density at radius 3 is 2.53 bits per heavy atom. The number of hydrogen-bond acceptors (Lipinski definition) is 3. The van der Waals surface area contributed by atoms with Crippen molar-refractivity contribution in [2.75, 3.05) is 14.2 Å². The Hall–Kier alpha value is -2.07. The van der Waals surface area contributed by atoms with E-state index >= 15 is 0 Å². The summed E-state index contributed by atoms with van der Waals surface area (Å²) in [6, 6.07) is 11.9. The number of benzene rings is 2. The summed E-state index contributed by atoms with van der Waals surface area (Å²) < 4.78 is 5.20. The molecule has 0 heterocycles. The molecule has 100 valence electrons. The minimum atomic E-state index is -0.195. The highest BCUT2D eigenvalue weighted by molar-refractivity contribution is 5.88. The van der Waals surface area contributed by atoms with Crippen LogP contribution >= 0.6 is 0 Å². The van der Waals surface area contributed by atoms with Gasteiger partial charge in [0, 0.05) is 7.05 Å². The molecule has 0 aliphatic carbocycles. The molecule has 4 heteroatoms. The van der Waals surface area contributed by atoms with Gasteiger partial charge in [-0.25, -0.2) is 5.43 Å². The largest absolute Gasteiger partial charge is 0.497 e. The summed E-state index contributed by atoms with van der Waals surface area (Å²) >= 11 is 0. The molecule has 1 unspecified atom stereocenters. The minimum absolute atomic E-state index is 0.0460. The van der Waals surface area contributed by atoms with Gasteiger partial charge in [-0.15, -0.1) is 0 Å². The first-order chi connectivity index (χ1) is 9.15. The Morgan fingerprint density at radius 1 is 1.16 bits per heavy atom. The second kappa shape index (κ2) is 5.71.